The molecule has 4 aliphatic rings. The van der Waals surface area contributed by atoms with Crippen molar-refractivity contribution in [2.45, 2.75) is 38.1 Å². The molecule has 2 N–H and O–H groups in total. The van der Waals surface area contributed by atoms with E-state index in [-0.39, 0.29) is 6.04 Å². The molecule has 1 unspecified atom stereocenters. The van der Waals surface area contributed by atoms with Gasteiger partial charge in [-0.2, -0.15) is 0 Å². The molecule has 0 saturated heterocycles. The zero-order valence-electron chi connectivity index (χ0n) is 12.0. The Morgan fingerprint density at radius 3 is 2.25 bits per heavy atom. The van der Waals surface area contributed by atoms with Crippen molar-refractivity contribution in [3.8, 4) is 5.88 Å². The predicted octanol–water partition coefficient (Wildman–Crippen LogP) is 2.56. The molecule has 4 fully saturated rings. The summed E-state index contributed by atoms with van der Waals surface area (Å²) in [6, 6.07) is -0.0198. The summed E-state index contributed by atoms with van der Waals surface area (Å²) in [4.78, 5) is 8.74. The number of nitrogens with two attached hydrogens (primary N) is 1. The van der Waals surface area contributed by atoms with Gasteiger partial charge in [-0.3, -0.25) is 4.98 Å². The van der Waals surface area contributed by atoms with Gasteiger partial charge in [-0.05, 0) is 61.7 Å². The minimum Gasteiger partial charge on any atom is -0.480 e. The Labute approximate surface area is 120 Å². The Morgan fingerprint density at radius 1 is 1.05 bits per heavy atom. The summed E-state index contributed by atoms with van der Waals surface area (Å²) in [5.41, 5.74) is 7.47. The molecule has 4 aliphatic carbocycles. The van der Waals surface area contributed by atoms with Gasteiger partial charge in [0.05, 0.1) is 13.2 Å². The molecule has 108 valence electrons. The molecule has 1 aromatic rings. The second-order valence-corrected chi connectivity index (χ2v) is 6.98. The van der Waals surface area contributed by atoms with Crippen LogP contribution in [0.25, 0.3) is 0 Å². The molecule has 5 rings (SSSR count). The first-order valence-electron chi connectivity index (χ1n) is 7.86. The van der Waals surface area contributed by atoms with E-state index in [9.17, 15) is 0 Å². The first-order valence-corrected chi connectivity index (χ1v) is 7.86. The first-order chi connectivity index (χ1) is 9.76. The molecule has 4 nitrogen and oxygen atoms in total. The highest BCUT2D eigenvalue weighted by molar-refractivity contribution is 5.23. The van der Waals surface area contributed by atoms with Gasteiger partial charge < -0.3 is 10.5 Å². The molecule has 1 heterocycles. The van der Waals surface area contributed by atoms with E-state index in [4.69, 9.17) is 10.5 Å². The zero-order chi connectivity index (χ0) is 13.7. The van der Waals surface area contributed by atoms with E-state index in [1.807, 2.05) is 0 Å². The summed E-state index contributed by atoms with van der Waals surface area (Å²) < 4.78 is 5.36. The van der Waals surface area contributed by atoms with E-state index in [0.717, 1.165) is 29.4 Å². The van der Waals surface area contributed by atoms with Crippen LogP contribution in [0.1, 0.15) is 43.8 Å². The van der Waals surface area contributed by atoms with Crippen LogP contribution in [0.2, 0.25) is 0 Å². The SMILES string of the molecule is COc1nccnc1C(N)C1C2CC3CC(C2)CC1C3. The van der Waals surface area contributed by atoms with Crippen LogP contribution in [0.3, 0.4) is 0 Å². The van der Waals surface area contributed by atoms with Gasteiger partial charge in [0.1, 0.15) is 5.69 Å². The van der Waals surface area contributed by atoms with Crippen molar-refractivity contribution in [3.63, 3.8) is 0 Å². The van der Waals surface area contributed by atoms with Crippen LogP contribution >= 0.6 is 0 Å². The molecule has 4 saturated carbocycles. The molecule has 4 bridgehead atoms. The van der Waals surface area contributed by atoms with Crippen molar-refractivity contribution in [1.82, 2.24) is 9.97 Å². The standard InChI is InChI=1S/C16H23N3O/c1-20-16-15(18-2-3-19-16)14(17)13-11-5-9-4-10(7-11)8-12(13)6-9/h2-3,9-14H,4-8,17H2,1H3. The second kappa shape index (κ2) is 4.69. The fourth-order valence-corrected chi connectivity index (χ4v) is 5.46. The monoisotopic (exact) mass is 273 g/mol. The highest BCUT2D eigenvalue weighted by Crippen LogP contribution is 2.59. The van der Waals surface area contributed by atoms with Crippen molar-refractivity contribution >= 4 is 0 Å². The third-order valence-corrected chi connectivity index (χ3v) is 5.91. The molecule has 20 heavy (non-hydrogen) atoms. The number of hydrogen-bond donors (Lipinski definition) is 1. The molecule has 0 aliphatic heterocycles. The van der Waals surface area contributed by atoms with E-state index in [2.05, 4.69) is 9.97 Å². The zero-order valence-corrected chi connectivity index (χ0v) is 12.0. The summed E-state index contributed by atoms with van der Waals surface area (Å²) in [5.74, 6) is 4.73. The summed E-state index contributed by atoms with van der Waals surface area (Å²) in [5, 5.41) is 0. The van der Waals surface area contributed by atoms with Crippen molar-refractivity contribution < 1.29 is 4.74 Å². The minimum absolute atomic E-state index is 0.0198. The number of rotatable bonds is 3. The van der Waals surface area contributed by atoms with E-state index in [1.54, 1.807) is 19.5 Å². The topological polar surface area (TPSA) is 61.0 Å². The average Bonchev–Trinajstić information content (AvgIpc) is 2.46. The van der Waals surface area contributed by atoms with Crippen molar-refractivity contribution in [2.75, 3.05) is 7.11 Å². The number of methoxy groups -OCH3 is 1. The van der Waals surface area contributed by atoms with Gasteiger partial charge >= 0.3 is 0 Å². The molecule has 4 heteroatoms. The smallest absolute Gasteiger partial charge is 0.236 e. The number of hydrogen-bond acceptors (Lipinski definition) is 4. The van der Waals surface area contributed by atoms with Gasteiger partial charge in [-0.25, -0.2) is 4.98 Å². The maximum Gasteiger partial charge on any atom is 0.236 e. The van der Waals surface area contributed by atoms with E-state index >= 15 is 0 Å². The lowest BCUT2D eigenvalue weighted by atomic mass is 9.50. The van der Waals surface area contributed by atoms with E-state index < -0.39 is 0 Å². The number of aromatic nitrogens is 2. The largest absolute Gasteiger partial charge is 0.480 e. The van der Waals surface area contributed by atoms with Crippen LogP contribution < -0.4 is 10.5 Å². The van der Waals surface area contributed by atoms with Crippen LogP contribution in [0.15, 0.2) is 12.4 Å². The Bertz CT molecular complexity index is 476. The lowest BCUT2D eigenvalue weighted by Crippen LogP contribution is -2.48. The Balaban J connectivity index is 1.64. The molecule has 1 atom stereocenters. The van der Waals surface area contributed by atoms with Crippen molar-refractivity contribution in [2.24, 2.45) is 35.3 Å². The van der Waals surface area contributed by atoms with Crippen LogP contribution in [0.4, 0.5) is 0 Å². The van der Waals surface area contributed by atoms with Crippen LogP contribution in [0, 0.1) is 29.6 Å². The third kappa shape index (κ3) is 1.85. The quantitative estimate of drug-likeness (QED) is 0.919. The van der Waals surface area contributed by atoms with Gasteiger partial charge in [-0.1, -0.05) is 0 Å². The number of nitrogens with zero attached hydrogens (tertiary/aromatic N) is 2. The maximum atomic E-state index is 6.61. The fourth-order valence-electron chi connectivity index (χ4n) is 5.46. The second-order valence-electron chi connectivity index (χ2n) is 6.98. The summed E-state index contributed by atoms with van der Waals surface area (Å²) in [7, 11) is 1.65. The Kier molecular flexibility index (Phi) is 2.95. The summed E-state index contributed by atoms with van der Waals surface area (Å²) in [6.45, 7) is 0. The summed E-state index contributed by atoms with van der Waals surface area (Å²) in [6.07, 6.45) is 10.4. The molecule has 0 spiro atoms. The van der Waals surface area contributed by atoms with Crippen LogP contribution in [-0.2, 0) is 0 Å². The Morgan fingerprint density at radius 2 is 1.65 bits per heavy atom. The van der Waals surface area contributed by atoms with E-state index in [0.29, 0.717) is 11.8 Å². The van der Waals surface area contributed by atoms with Gasteiger partial charge in [0.25, 0.3) is 0 Å². The van der Waals surface area contributed by atoms with Gasteiger partial charge in [0.15, 0.2) is 0 Å². The predicted molar refractivity (Wildman–Crippen MR) is 76.0 cm³/mol. The van der Waals surface area contributed by atoms with E-state index in [1.165, 1.54) is 32.1 Å². The molecule has 0 amide bonds. The van der Waals surface area contributed by atoms with Gasteiger partial charge in [0, 0.05) is 12.4 Å². The maximum absolute atomic E-state index is 6.61. The highest BCUT2D eigenvalue weighted by atomic mass is 16.5. The van der Waals surface area contributed by atoms with Crippen molar-refractivity contribution in [3.05, 3.63) is 18.1 Å². The van der Waals surface area contributed by atoms with Gasteiger partial charge in [-0.15, -0.1) is 0 Å². The molecular formula is C16H23N3O. The molecule has 1 aromatic heterocycles. The van der Waals surface area contributed by atoms with Crippen LogP contribution in [-0.4, -0.2) is 17.1 Å². The summed E-state index contributed by atoms with van der Waals surface area (Å²) >= 11 is 0. The van der Waals surface area contributed by atoms with Crippen molar-refractivity contribution in [1.29, 1.82) is 0 Å². The highest BCUT2D eigenvalue weighted by Gasteiger charge is 2.50. The fraction of sp³-hybridized carbons (Fsp3) is 0.750. The minimum atomic E-state index is -0.0198. The first kappa shape index (κ1) is 12.6. The Hall–Kier alpha value is -1.16. The normalized spacial score (nSPS) is 39.8. The molecule has 0 aromatic carbocycles. The third-order valence-electron chi connectivity index (χ3n) is 5.91. The lowest BCUT2D eigenvalue weighted by molar-refractivity contribution is -0.0479. The number of ether oxygens (including phenoxy) is 1. The van der Waals surface area contributed by atoms with Gasteiger partial charge in [0.2, 0.25) is 5.88 Å². The lowest BCUT2D eigenvalue weighted by Gasteiger charge is -2.55. The molecular weight excluding hydrogens is 250 g/mol. The van der Waals surface area contributed by atoms with Crippen LogP contribution in [0.5, 0.6) is 5.88 Å². The molecule has 0 radical (unpaired) electrons. The average molecular weight is 273 g/mol.